The number of nitrogens with one attached hydrogen (secondary N) is 1. The third kappa shape index (κ3) is 3.08. The van der Waals surface area contributed by atoms with Gasteiger partial charge in [0.05, 0.1) is 24.4 Å². The Bertz CT molecular complexity index is 1220. The number of ether oxygens (including phenoxy) is 1. The molecular weight excluding hydrogens is 469 g/mol. The molecule has 9 heteroatoms. The van der Waals surface area contributed by atoms with Gasteiger partial charge >= 0.3 is 0 Å². The normalized spacial score (nSPS) is 35.2. The molecule has 1 aromatic carbocycles. The van der Waals surface area contributed by atoms with Gasteiger partial charge in [-0.2, -0.15) is 5.26 Å². The van der Waals surface area contributed by atoms with E-state index >= 15 is 0 Å². The van der Waals surface area contributed by atoms with Crippen molar-refractivity contribution in [2.45, 2.75) is 55.2 Å². The van der Waals surface area contributed by atoms with Crippen LogP contribution in [0, 0.1) is 11.3 Å². The van der Waals surface area contributed by atoms with Crippen molar-refractivity contribution in [2.24, 2.45) is 0 Å². The maximum atomic E-state index is 12.9. The van der Waals surface area contributed by atoms with Crippen molar-refractivity contribution in [3.05, 3.63) is 56.7 Å². The van der Waals surface area contributed by atoms with E-state index in [4.69, 9.17) is 33.2 Å². The van der Waals surface area contributed by atoms with Gasteiger partial charge in [-0.1, -0.05) is 29.3 Å². The Morgan fingerprint density at radius 2 is 2.03 bits per heavy atom. The molecule has 170 valence electrons. The van der Waals surface area contributed by atoms with Gasteiger partial charge in [-0.15, -0.1) is 0 Å². The summed E-state index contributed by atoms with van der Waals surface area (Å²) in [6, 6.07) is 5.75. The molecule has 32 heavy (non-hydrogen) atoms. The first-order valence-corrected chi connectivity index (χ1v) is 13.3. The van der Waals surface area contributed by atoms with Crippen molar-refractivity contribution in [1.29, 1.82) is 5.26 Å². The Morgan fingerprint density at radius 3 is 2.72 bits per heavy atom. The van der Waals surface area contributed by atoms with Gasteiger partial charge in [-0.3, -0.25) is 5.32 Å². The first-order valence-electron chi connectivity index (χ1n) is 10.7. The number of rotatable bonds is 3. The van der Waals surface area contributed by atoms with Crippen LogP contribution in [-0.4, -0.2) is 55.1 Å². The van der Waals surface area contributed by atoms with E-state index < -0.39 is 20.2 Å². The number of nitriles is 1. The minimum atomic E-state index is -3.44. The van der Waals surface area contributed by atoms with Crippen LogP contribution in [0.25, 0.3) is 0 Å². The lowest BCUT2D eigenvalue weighted by atomic mass is 9.75. The molecule has 1 N–H and O–H groups in total. The summed E-state index contributed by atoms with van der Waals surface area (Å²) >= 11 is 12.9. The molecule has 6 nitrogen and oxygen atoms in total. The van der Waals surface area contributed by atoms with Gasteiger partial charge in [-0.05, 0) is 61.6 Å². The van der Waals surface area contributed by atoms with Crippen molar-refractivity contribution in [3.8, 4) is 6.07 Å². The molecular formula is C23H25Cl2N3O3S. The lowest BCUT2D eigenvalue weighted by Gasteiger charge is -2.57. The molecule has 0 radical (unpaired) electrons. The van der Waals surface area contributed by atoms with Crippen LogP contribution in [0.3, 0.4) is 0 Å². The average Bonchev–Trinajstić information content (AvgIpc) is 3.07. The topological polar surface area (TPSA) is 82.4 Å². The maximum absolute atomic E-state index is 12.9. The average molecular weight is 494 g/mol. The monoisotopic (exact) mass is 493 g/mol. The fraction of sp³-hybridized carbons (Fsp3) is 0.522. The van der Waals surface area contributed by atoms with Crippen LogP contribution in [0.1, 0.15) is 37.5 Å². The first-order chi connectivity index (χ1) is 15.0. The Balaban J connectivity index is 1.68. The summed E-state index contributed by atoms with van der Waals surface area (Å²) in [4.78, 5) is 2.30. The lowest BCUT2D eigenvalue weighted by molar-refractivity contribution is -0.123. The van der Waals surface area contributed by atoms with E-state index in [2.05, 4.69) is 16.3 Å². The van der Waals surface area contributed by atoms with E-state index in [1.54, 1.807) is 19.1 Å². The second-order valence-electron chi connectivity index (χ2n) is 9.50. The fourth-order valence-electron chi connectivity index (χ4n) is 5.80. The third-order valence-corrected chi connectivity index (χ3v) is 9.98. The number of hydrogen-bond acceptors (Lipinski definition) is 6. The zero-order chi connectivity index (χ0) is 23.1. The van der Waals surface area contributed by atoms with Crippen LogP contribution in [0.4, 0.5) is 0 Å². The second-order valence-corrected chi connectivity index (χ2v) is 12.7. The third-order valence-electron chi connectivity index (χ3n) is 7.51. The minimum absolute atomic E-state index is 0.0268. The summed E-state index contributed by atoms with van der Waals surface area (Å²) in [5.74, 6) is 0. The van der Waals surface area contributed by atoms with E-state index in [0.717, 1.165) is 22.4 Å². The first kappa shape index (κ1) is 22.2. The number of morpholine rings is 1. The number of halogens is 2. The van der Waals surface area contributed by atoms with Crippen molar-refractivity contribution >= 4 is 33.0 Å². The quantitative estimate of drug-likeness (QED) is 0.511. The largest absolute Gasteiger partial charge is 0.364 e. The smallest absolute Gasteiger partial charge is 0.160 e. The maximum Gasteiger partial charge on any atom is 0.160 e. The molecule has 5 atom stereocenters. The molecule has 0 bridgehead atoms. The van der Waals surface area contributed by atoms with E-state index in [1.165, 1.54) is 6.26 Å². The highest BCUT2D eigenvalue weighted by Gasteiger charge is 2.57. The number of hydrogen-bond donors (Lipinski definition) is 1. The Hall–Kier alpha value is -1.56. The second kappa shape index (κ2) is 7.22. The Labute approximate surface area is 198 Å². The van der Waals surface area contributed by atoms with E-state index in [0.29, 0.717) is 29.4 Å². The molecule has 1 saturated heterocycles. The predicted molar refractivity (Wildman–Crippen MR) is 124 cm³/mol. The molecule has 0 aromatic heterocycles. The highest BCUT2D eigenvalue weighted by Crippen LogP contribution is 2.55. The standard InChI is InChI=1S/C23H25Cl2N3O3S/c1-22-4-5-23(2,32(3,29)30)17-10-14(27-7-6-26)12-28(21(17)22)19-11-15-16(20(19)31-22)8-13(24)9-18(15)25/h4-5,8-9,14,19-20,27H,7,10-12H2,1-3H3/t14-,19+,20+,22?,23?/m1/s1. The summed E-state index contributed by atoms with van der Waals surface area (Å²) in [6.45, 7) is 4.62. The van der Waals surface area contributed by atoms with Crippen LogP contribution in [0.2, 0.25) is 10.0 Å². The van der Waals surface area contributed by atoms with E-state index in [9.17, 15) is 8.42 Å². The molecule has 0 amide bonds. The molecule has 2 aliphatic heterocycles. The van der Waals surface area contributed by atoms with Gasteiger partial charge in [0.25, 0.3) is 0 Å². The van der Waals surface area contributed by atoms with Crippen LogP contribution in [0.15, 0.2) is 35.6 Å². The van der Waals surface area contributed by atoms with Gasteiger partial charge < -0.3 is 9.64 Å². The zero-order valence-corrected chi connectivity index (χ0v) is 20.5. The van der Waals surface area contributed by atoms with Crippen LogP contribution < -0.4 is 5.32 Å². The van der Waals surface area contributed by atoms with Crippen molar-refractivity contribution in [2.75, 3.05) is 19.3 Å². The van der Waals surface area contributed by atoms with Gasteiger partial charge in [0.15, 0.2) is 9.84 Å². The SMILES string of the molecule is CC12C=CC(C)(S(C)(=O)=O)C3=C1N(C[C@H](NCC#N)C3)[C@H]1Cc3c(Cl)cc(Cl)cc3[C@@H]1O2. The number of benzene rings is 1. The molecule has 4 aliphatic rings. The van der Waals surface area contributed by atoms with Crippen molar-refractivity contribution in [3.63, 3.8) is 0 Å². The van der Waals surface area contributed by atoms with Gasteiger partial charge in [0, 0.05) is 28.9 Å². The van der Waals surface area contributed by atoms with Crippen LogP contribution in [-0.2, 0) is 21.0 Å². The molecule has 0 saturated carbocycles. The number of sulfone groups is 1. The Kier molecular flexibility index (Phi) is 5.02. The van der Waals surface area contributed by atoms with Gasteiger partial charge in [-0.25, -0.2) is 8.42 Å². The van der Waals surface area contributed by atoms with E-state index in [1.807, 2.05) is 19.1 Å². The predicted octanol–water partition coefficient (Wildman–Crippen LogP) is 3.56. The summed E-state index contributed by atoms with van der Waals surface area (Å²) in [5, 5.41) is 13.6. The lowest BCUT2D eigenvalue weighted by Crippen LogP contribution is -2.62. The van der Waals surface area contributed by atoms with Gasteiger partial charge in [0.2, 0.25) is 0 Å². The highest BCUT2D eigenvalue weighted by atomic mass is 35.5. The molecule has 2 aliphatic carbocycles. The highest BCUT2D eigenvalue weighted by molar-refractivity contribution is 7.92. The summed E-state index contributed by atoms with van der Waals surface area (Å²) in [7, 11) is -3.44. The van der Waals surface area contributed by atoms with Crippen molar-refractivity contribution < 1.29 is 13.2 Å². The molecule has 1 fully saturated rings. The molecule has 2 heterocycles. The van der Waals surface area contributed by atoms with Crippen molar-refractivity contribution in [1.82, 2.24) is 10.2 Å². The molecule has 1 aromatic rings. The minimum Gasteiger partial charge on any atom is -0.364 e. The number of fused-ring (bicyclic) bond motifs is 4. The molecule has 0 spiro atoms. The van der Waals surface area contributed by atoms with Gasteiger partial charge in [0.1, 0.15) is 16.5 Å². The number of nitrogens with zero attached hydrogens (tertiary/aromatic N) is 2. The van der Waals surface area contributed by atoms with Crippen LogP contribution in [0.5, 0.6) is 0 Å². The summed E-state index contributed by atoms with van der Waals surface area (Å²) in [6.07, 6.45) is 5.93. The van der Waals surface area contributed by atoms with Crippen LogP contribution >= 0.6 is 23.2 Å². The Morgan fingerprint density at radius 1 is 1.28 bits per heavy atom. The molecule has 5 rings (SSSR count). The zero-order valence-electron chi connectivity index (χ0n) is 18.2. The molecule has 2 unspecified atom stereocenters. The van der Waals surface area contributed by atoms with E-state index in [-0.39, 0.29) is 24.7 Å². The fourth-order valence-corrected chi connectivity index (χ4v) is 7.32. The summed E-state index contributed by atoms with van der Waals surface area (Å²) < 4.78 is 31.5. The summed E-state index contributed by atoms with van der Waals surface area (Å²) in [5.41, 5.74) is 3.02.